The van der Waals surface area contributed by atoms with E-state index in [0.29, 0.717) is 0 Å². The summed E-state index contributed by atoms with van der Waals surface area (Å²) in [7, 11) is -2.40. The summed E-state index contributed by atoms with van der Waals surface area (Å²) in [6.07, 6.45) is 0. The second-order valence-electron chi connectivity index (χ2n) is 0.645. The van der Waals surface area contributed by atoms with Crippen LogP contribution in [0.3, 0.4) is 0 Å². The Labute approximate surface area is 45.0 Å². The van der Waals surface area contributed by atoms with Gasteiger partial charge in [0.1, 0.15) is 0 Å². The molecule has 1 unspecified atom stereocenters. The minimum atomic E-state index is -3.89. The van der Waals surface area contributed by atoms with E-state index in [9.17, 15) is 8.42 Å². The van der Waals surface area contributed by atoms with Crippen molar-refractivity contribution >= 4 is 26.7 Å². The third-order valence-corrected chi connectivity index (χ3v) is 2.20. The fraction of sp³-hybridized carbons (Fsp3) is 0. The van der Waals surface area contributed by atoms with Crippen molar-refractivity contribution in [1.82, 2.24) is 0 Å². The first-order chi connectivity index (χ1) is 3.06. The summed E-state index contributed by atoms with van der Waals surface area (Å²) in [5, 5.41) is 0. The molecule has 0 saturated carbocycles. The molecule has 1 N–H and O–H groups in total. The van der Waals surface area contributed by atoms with E-state index in [4.69, 9.17) is 4.55 Å². The second-order valence-corrected chi connectivity index (χ2v) is 4.50. The topological polar surface area (TPSA) is 66.7 Å². The van der Waals surface area contributed by atoms with Gasteiger partial charge in [0.15, 0.2) is 7.57 Å². The summed E-state index contributed by atoms with van der Waals surface area (Å²) in [5.41, 5.74) is 0. The van der Waals surface area contributed by atoms with Crippen LogP contribution in [0.4, 0.5) is 0 Å². The summed E-state index contributed by atoms with van der Waals surface area (Å²) in [5.74, 6) is 0. The molecule has 0 saturated heterocycles. The predicted molar refractivity (Wildman–Crippen MR) is 30.6 cm³/mol. The fourth-order valence-electron chi connectivity index (χ4n) is 0.0596. The minimum Gasteiger partial charge on any atom is -0.278 e. The number of hydrogen-bond acceptors (Lipinski definition) is 3. The van der Waals surface area contributed by atoms with Crippen molar-refractivity contribution in [3.63, 3.8) is 0 Å². The molecule has 0 fully saturated rings. The van der Waals surface area contributed by atoms with Gasteiger partial charge in [0.05, 0.1) is 0 Å². The van der Waals surface area contributed by atoms with Crippen LogP contribution >= 0.6 is 17.0 Å². The average molecular weight is 159 g/mol. The summed E-state index contributed by atoms with van der Waals surface area (Å²) >= 11 is 0. The maximum Gasteiger partial charge on any atom is 0.327 e. The largest absolute Gasteiger partial charge is 0.327 e. The van der Waals surface area contributed by atoms with Gasteiger partial charge in [0.25, 0.3) is 0 Å². The molecule has 0 aromatic carbocycles. The molecule has 0 radical (unpaired) electrons. The molecule has 0 bridgehead atoms. The fourth-order valence-corrected chi connectivity index (χ4v) is 1.61. The van der Waals surface area contributed by atoms with Crippen molar-refractivity contribution in [2.24, 2.45) is 4.52 Å². The van der Waals surface area contributed by atoms with Crippen LogP contribution in [-0.2, 0) is 9.74 Å². The van der Waals surface area contributed by atoms with Crippen molar-refractivity contribution in [2.75, 3.05) is 0 Å². The van der Waals surface area contributed by atoms with Gasteiger partial charge in [0, 0.05) is 0 Å². The lowest BCUT2D eigenvalue weighted by atomic mass is 13.9. The first-order valence-corrected chi connectivity index (χ1v) is 4.57. The Bertz CT molecular complexity index is 156. The molecule has 4 nitrogen and oxygen atoms in total. The third kappa shape index (κ3) is 6.44. The monoisotopic (exact) mass is 159 g/mol. The molecule has 0 heterocycles. The molecule has 0 amide bonds. The van der Waals surface area contributed by atoms with E-state index in [-0.39, 0.29) is 7.57 Å². The molecule has 0 aromatic rings. The number of rotatable bonds is 1. The van der Waals surface area contributed by atoms with E-state index >= 15 is 0 Å². The lowest BCUT2D eigenvalue weighted by molar-refractivity contribution is 0.502. The van der Waals surface area contributed by atoms with Crippen molar-refractivity contribution < 1.29 is 13.0 Å². The van der Waals surface area contributed by atoms with Crippen LogP contribution in [0.2, 0.25) is 0 Å². The highest BCUT2D eigenvalue weighted by Crippen LogP contribution is 2.10. The highest BCUT2D eigenvalue weighted by Gasteiger charge is 1.94. The Morgan fingerprint density at radius 2 is 2.14 bits per heavy atom. The Balaban J connectivity index is 4.13. The zero-order chi connectivity index (χ0) is 5.91. The molecule has 0 aliphatic heterocycles. The molecule has 0 spiro atoms. The smallest absolute Gasteiger partial charge is 0.278 e. The highest BCUT2D eigenvalue weighted by atomic mass is 32.8. The van der Waals surface area contributed by atoms with Gasteiger partial charge in [-0.15, -0.1) is 0 Å². The zero-order valence-electron chi connectivity index (χ0n) is 3.14. The van der Waals surface area contributed by atoms with E-state index in [0.717, 1.165) is 0 Å². The van der Waals surface area contributed by atoms with E-state index in [1.54, 1.807) is 0 Å². The minimum absolute atomic E-state index is 0.328. The maximum absolute atomic E-state index is 9.67. The quantitative estimate of drug-likeness (QED) is 0.452. The van der Waals surface area contributed by atoms with Gasteiger partial charge >= 0.3 is 9.74 Å². The molecular weight excluding hydrogens is 156 g/mol. The van der Waals surface area contributed by atoms with E-state index in [1.807, 2.05) is 9.39 Å². The van der Waals surface area contributed by atoms with Crippen LogP contribution in [0.25, 0.3) is 0 Å². The van der Waals surface area contributed by atoms with Crippen molar-refractivity contribution in [3.8, 4) is 0 Å². The van der Waals surface area contributed by atoms with Gasteiger partial charge in [-0.25, -0.2) is 4.52 Å². The Morgan fingerprint density at radius 3 is 2.14 bits per heavy atom. The molecule has 0 aliphatic carbocycles. The lowest BCUT2D eigenvalue weighted by Gasteiger charge is -1.73. The SMILES string of the molecule is O=S(=O)(O)P=NP. The van der Waals surface area contributed by atoms with Crippen LogP contribution in [0.1, 0.15) is 0 Å². The maximum atomic E-state index is 9.67. The van der Waals surface area contributed by atoms with Crippen LogP contribution in [0.15, 0.2) is 4.52 Å². The Kier molecular flexibility index (Phi) is 2.84. The van der Waals surface area contributed by atoms with Gasteiger partial charge in [0.2, 0.25) is 0 Å². The predicted octanol–water partition coefficient (Wildman–Crippen LogP) is 0.709. The average Bonchev–Trinajstić information content (AvgIpc) is 1.30. The molecular formula is H3NO3P2S. The number of nitrogens with zero attached hydrogens (tertiary/aromatic N) is 1. The van der Waals surface area contributed by atoms with Gasteiger partial charge < -0.3 is 0 Å². The van der Waals surface area contributed by atoms with Crippen LogP contribution in [0.5, 0.6) is 0 Å². The van der Waals surface area contributed by atoms with E-state index in [2.05, 4.69) is 4.52 Å². The van der Waals surface area contributed by atoms with E-state index in [1.165, 1.54) is 0 Å². The van der Waals surface area contributed by atoms with Gasteiger partial charge in [-0.05, 0) is 9.39 Å². The Hall–Kier alpha value is 0.440. The van der Waals surface area contributed by atoms with Gasteiger partial charge in [-0.1, -0.05) is 0 Å². The molecule has 7 heavy (non-hydrogen) atoms. The van der Waals surface area contributed by atoms with Gasteiger partial charge in [-0.3, -0.25) is 4.55 Å². The summed E-state index contributed by atoms with van der Waals surface area (Å²) < 4.78 is 30.3. The van der Waals surface area contributed by atoms with Crippen LogP contribution in [0, 0.1) is 0 Å². The van der Waals surface area contributed by atoms with Gasteiger partial charge in [-0.2, -0.15) is 8.42 Å². The lowest BCUT2D eigenvalue weighted by Crippen LogP contribution is -1.79. The molecule has 0 rings (SSSR count). The Morgan fingerprint density at radius 1 is 1.71 bits per heavy atom. The molecule has 0 aliphatic rings. The first kappa shape index (κ1) is 7.44. The zero-order valence-corrected chi connectivity index (χ0v) is 6.01. The highest BCUT2D eigenvalue weighted by molar-refractivity contribution is 8.37. The van der Waals surface area contributed by atoms with Crippen LogP contribution in [-0.4, -0.2) is 13.0 Å². The first-order valence-electron chi connectivity index (χ1n) is 1.16. The van der Waals surface area contributed by atoms with E-state index < -0.39 is 9.74 Å². The van der Waals surface area contributed by atoms with Crippen molar-refractivity contribution in [2.45, 2.75) is 0 Å². The summed E-state index contributed by atoms with van der Waals surface area (Å²) in [6, 6.07) is 0. The molecule has 0 aromatic heterocycles. The number of hydrogen-bond donors (Lipinski definition) is 1. The molecule has 7 heteroatoms. The summed E-state index contributed by atoms with van der Waals surface area (Å²) in [6.45, 7) is 0. The standard InChI is InChI=1S/H3NO3P2S/c2-7(3,4)6-1-5/h5H2,(H,2,3,4). The normalized spacial score (nSPS) is 12.9. The molecule has 1 atom stereocenters. The van der Waals surface area contributed by atoms with Crippen molar-refractivity contribution in [3.05, 3.63) is 0 Å². The van der Waals surface area contributed by atoms with Crippen LogP contribution < -0.4 is 0 Å². The molecule has 42 valence electrons. The van der Waals surface area contributed by atoms with Crippen molar-refractivity contribution in [1.29, 1.82) is 0 Å². The summed E-state index contributed by atoms with van der Waals surface area (Å²) in [4.78, 5) is 0. The second kappa shape index (κ2) is 2.68. The third-order valence-electron chi connectivity index (χ3n) is 0.150.